The molecule has 2 aromatic carbocycles. The minimum atomic E-state index is -0.0840. The highest BCUT2D eigenvalue weighted by Crippen LogP contribution is 2.51. The van der Waals surface area contributed by atoms with Crippen molar-refractivity contribution in [2.24, 2.45) is 0 Å². The van der Waals surface area contributed by atoms with Gasteiger partial charge in [-0.05, 0) is 57.5 Å². The zero-order chi connectivity index (χ0) is 20.9. The van der Waals surface area contributed by atoms with E-state index in [0.29, 0.717) is 8.58 Å². The van der Waals surface area contributed by atoms with E-state index < -0.39 is 0 Å². The zero-order valence-corrected chi connectivity index (χ0v) is 19.2. The Bertz CT molecular complexity index is 838. The number of Topliss-reactive ketones (excluding diaryl/α,β-unsaturated/α-hetero) is 1. The van der Waals surface area contributed by atoms with Gasteiger partial charge in [0, 0.05) is 23.4 Å². The molecule has 1 unspecified atom stereocenters. The molecule has 28 heavy (non-hydrogen) atoms. The molecule has 152 valence electrons. The summed E-state index contributed by atoms with van der Waals surface area (Å²) in [4.78, 5) is 12.3. The van der Waals surface area contributed by atoms with Crippen LogP contribution in [0.4, 0.5) is 0 Å². The number of carbonyl (C=O) groups excluding carboxylic acids is 1. The maximum Gasteiger partial charge on any atom is 0.188 e. The Balaban J connectivity index is 2.64. The van der Waals surface area contributed by atoms with Gasteiger partial charge in [0.15, 0.2) is 12.6 Å². The molecule has 1 atom stereocenters. The summed E-state index contributed by atoms with van der Waals surface area (Å²) in [5, 5.41) is 1.05. The average molecular weight is 400 g/mol. The van der Waals surface area contributed by atoms with E-state index in [0.717, 1.165) is 40.6 Å². The third-order valence-electron chi connectivity index (χ3n) is 5.39. The van der Waals surface area contributed by atoms with Crippen LogP contribution >= 0.6 is 8.58 Å². The quantitative estimate of drug-likeness (QED) is 0.302. The van der Waals surface area contributed by atoms with Crippen LogP contribution in [0, 0.1) is 20.8 Å². The van der Waals surface area contributed by atoms with Gasteiger partial charge in [0.25, 0.3) is 0 Å². The largest absolute Gasteiger partial charge is 0.467 e. The van der Waals surface area contributed by atoms with Crippen molar-refractivity contribution in [3.8, 4) is 5.75 Å². The lowest BCUT2D eigenvalue weighted by molar-refractivity contribution is 0.0494. The summed E-state index contributed by atoms with van der Waals surface area (Å²) >= 11 is 0. The first kappa shape index (κ1) is 22.6. The van der Waals surface area contributed by atoms with Gasteiger partial charge >= 0.3 is 0 Å². The van der Waals surface area contributed by atoms with Crippen LogP contribution in [0.3, 0.4) is 0 Å². The van der Waals surface area contributed by atoms with Gasteiger partial charge in [-0.25, -0.2) is 0 Å². The molecular weight excluding hydrogens is 367 g/mol. The number of aryl methyl sites for hydroxylation is 3. The maximum atomic E-state index is 12.3. The number of rotatable bonds is 9. The summed E-state index contributed by atoms with van der Waals surface area (Å²) < 4.78 is 11.2. The fourth-order valence-electron chi connectivity index (χ4n) is 3.81. The lowest BCUT2D eigenvalue weighted by Gasteiger charge is -2.35. The number of hydrogen-bond acceptors (Lipinski definition) is 3. The van der Waals surface area contributed by atoms with Crippen LogP contribution < -0.4 is 10.0 Å². The van der Waals surface area contributed by atoms with Crippen molar-refractivity contribution in [2.75, 3.05) is 13.9 Å². The van der Waals surface area contributed by atoms with E-state index in [9.17, 15) is 4.79 Å². The third-order valence-corrected chi connectivity index (χ3v) is 7.55. The molecule has 0 radical (unpaired) electrons. The number of ether oxygens (including phenoxy) is 2. The number of ketones is 1. The van der Waals surface area contributed by atoms with Crippen LogP contribution in [0.5, 0.6) is 5.75 Å². The monoisotopic (exact) mass is 400 g/mol. The minimum Gasteiger partial charge on any atom is -0.467 e. The lowest BCUT2D eigenvalue weighted by atomic mass is 9.89. The van der Waals surface area contributed by atoms with Crippen LogP contribution in [-0.4, -0.2) is 19.7 Å². The summed E-state index contributed by atoms with van der Waals surface area (Å²) in [6.45, 7) is 12.6. The van der Waals surface area contributed by atoms with E-state index in [2.05, 4.69) is 52.0 Å². The minimum absolute atomic E-state index is 0.0840. The van der Waals surface area contributed by atoms with Crippen LogP contribution in [-0.2, 0) is 9.89 Å². The number of carbonyl (C=O) groups is 1. The van der Waals surface area contributed by atoms with Gasteiger partial charge in [-0.1, -0.05) is 57.8 Å². The molecule has 0 aliphatic carbocycles. The fourth-order valence-corrected chi connectivity index (χ4v) is 5.55. The van der Waals surface area contributed by atoms with E-state index in [1.165, 1.54) is 11.1 Å². The third kappa shape index (κ3) is 4.82. The molecule has 0 aromatic heterocycles. The first-order chi connectivity index (χ1) is 13.3. The summed E-state index contributed by atoms with van der Waals surface area (Å²) in [5.74, 6) is 1.05. The second-order valence-corrected chi connectivity index (χ2v) is 9.27. The maximum absolute atomic E-state index is 12.3. The van der Waals surface area contributed by atoms with Crippen molar-refractivity contribution in [1.82, 2.24) is 0 Å². The smallest absolute Gasteiger partial charge is 0.188 e. The molecule has 0 aliphatic heterocycles. The average Bonchev–Trinajstić information content (AvgIpc) is 2.66. The lowest BCUT2D eigenvalue weighted by Crippen LogP contribution is -2.25. The summed E-state index contributed by atoms with van der Waals surface area (Å²) in [6.07, 6.45) is 1.94. The van der Waals surface area contributed by atoms with E-state index in [1.54, 1.807) is 14.0 Å². The van der Waals surface area contributed by atoms with Gasteiger partial charge in [-0.3, -0.25) is 4.79 Å². The molecule has 0 spiro atoms. The molecule has 2 rings (SSSR count). The Kier molecular flexibility index (Phi) is 7.80. The predicted octanol–water partition coefficient (Wildman–Crippen LogP) is 5.82. The molecule has 0 saturated heterocycles. The standard InChI is InChI=1S/C24H33O3P/c1-8-24(9-2,28-22-11-10-16(3)13-20(22)19(6)25)21-14-17(4)12-18(5)23(21)27-15-26-7/h10-14,28H,8-9,15H2,1-7H3. The molecule has 0 bridgehead atoms. The van der Waals surface area contributed by atoms with Crippen LogP contribution in [0.2, 0.25) is 0 Å². The molecule has 0 aliphatic rings. The zero-order valence-electron chi connectivity index (χ0n) is 18.2. The van der Waals surface area contributed by atoms with Crippen molar-refractivity contribution < 1.29 is 14.3 Å². The highest BCUT2D eigenvalue weighted by atomic mass is 31.1. The van der Waals surface area contributed by atoms with E-state index in [4.69, 9.17) is 9.47 Å². The molecule has 0 amide bonds. The fraction of sp³-hybridized carbons (Fsp3) is 0.458. The second-order valence-electron chi connectivity index (χ2n) is 7.53. The number of benzene rings is 2. The summed E-state index contributed by atoms with van der Waals surface area (Å²) in [7, 11) is 2.13. The van der Waals surface area contributed by atoms with Crippen molar-refractivity contribution in [2.45, 2.75) is 59.5 Å². The normalized spacial score (nSPS) is 12.0. The van der Waals surface area contributed by atoms with Crippen LogP contribution in [0.25, 0.3) is 0 Å². The molecule has 0 N–H and O–H groups in total. The highest BCUT2D eigenvalue weighted by molar-refractivity contribution is 7.48. The van der Waals surface area contributed by atoms with Crippen molar-refractivity contribution in [3.05, 3.63) is 58.1 Å². The molecule has 0 saturated carbocycles. The van der Waals surface area contributed by atoms with Crippen molar-refractivity contribution >= 4 is 19.7 Å². The van der Waals surface area contributed by atoms with Crippen LogP contribution in [0.15, 0.2) is 30.3 Å². The Hall–Kier alpha value is -1.70. The SMILES string of the molecule is CCC(CC)(Pc1ccc(C)cc1C(C)=O)c1cc(C)cc(C)c1OCOC. The van der Waals surface area contributed by atoms with E-state index in [1.807, 2.05) is 13.0 Å². The van der Waals surface area contributed by atoms with Gasteiger partial charge in [-0.15, -0.1) is 0 Å². The first-order valence-corrected chi connectivity index (χ1v) is 10.9. The molecule has 0 heterocycles. The highest BCUT2D eigenvalue weighted by Gasteiger charge is 2.34. The van der Waals surface area contributed by atoms with Gasteiger partial charge in [0.05, 0.1) is 0 Å². The molecule has 2 aromatic rings. The van der Waals surface area contributed by atoms with Gasteiger partial charge in [0.2, 0.25) is 0 Å². The summed E-state index contributed by atoms with van der Waals surface area (Å²) in [5.41, 5.74) is 5.53. The molecule has 0 fully saturated rings. The first-order valence-electron chi connectivity index (χ1n) is 9.91. The molecule has 4 heteroatoms. The second kappa shape index (κ2) is 9.67. The Morgan fingerprint density at radius 1 is 1.04 bits per heavy atom. The Morgan fingerprint density at radius 3 is 2.29 bits per heavy atom. The van der Waals surface area contributed by atoms with E-state index >= 15 is 0 Å². The van der Waals surface area contributed by atoms with Gasteiger partial charge < -0.3 is 9.47 Å². The van der Waals surface area contributed by atoms with Gasteiger partial charge in [-0.2, -0.15) is 0 Å². The van der Waals surface area contributed by atoms with Crippen molar-refractivity contribution in [3.63, 3.8) is 0 Å². The Morgan fingerprint density at radius 2 is 1.71 bits per heavy atom. The predicted molar refractivity (Wildman–Crippen MR) is 120 cm³/mol. The molecule has 3 nitrogen and oxygen atoms in total. The molecular formula is C24H33O3P. The topological polar surface area (TPSA) is 35.5 Å². The number of hydrogen-bond donors (Lipinski definition) is 0. The van der Waals surface area contributed by atoms with Crippen LogP contribution in [0.1, 0.15) is 66.2 Å². The number of methoxy groups -OCH3 is 1. The van der Waals surface area contributed by atoms with E-state index in [-0.39, 0.29) is 17.7 Å². The Labute approximate surface area is 171 Å². The summed E-state index contributed by atoms with van der Waals surface area (Å²) in [6, 6.07) is 10.7. The van der Waals surface area contributed by atoms with Crippen molar-refractivity contribution in [1.29, 1.82) is 0 Å². The van der Waals surface area contributed by atoms with Gasteiger partial charge in [0.1, 0.15) is 5.75 Å².